The number of thioether (sulfide) groups is 1. The van der Waals surface area contributed by atoms with Crippen LogP contribution in [0, 0.1) is 6.92 Å². The summed E-state index contributed by atoms with van der Waals surface area (Å²) >= 11 is 11.3. The number of thiazole rings is 2. The van der Waals surface area contributed by atoms with Gasteiger partial charge in [0.25, 0.3) is 10.6 Å². The number of aryl methyl sites for hydroxylation is 2. The van der Waals surface area contributed by atoms with Crippen LogP contribution < -0.4 is 29.0 Å². The summed E-state index contributed by atoms with van der Waals surface area (Å²) in [5.74, 6) is 1.53. The van der Waals surface area contributed by atoms with Gasteiger partial charge in [0, 0.05) is 40.0 Å². The number of benzene rings is 5. The van der Waals surface area contributed by atoms with Crippen molar-refractivity contribution in [3.8, 4) is 5.75 Å². The molecule has 0 bridgehead atoms. The molecule has 5 aromatic carbocycles. The Balaban J connectivity index is 0.000000396. The zero-order chi connectivity index (χ0) is 42.1. The van der Waals surface area contributed by atoms with E-state index in [1.54, 1.807) is 35.2 Å². The van der Waals surface area contributed by atoms with Gasteiger partial charge in [0.15, 0.2) is 0 Å². The van der Waals surface area contributed by atoms with E-state index in [9.17, 15) is 17.8 Å². The second kappa shape index (κ2) is 17.4. The van der Waals surface area contributed by atoms with Crippen molar-refractivity contribution in [2.45, 2.75) is 50.6 Å². The van der Waals surface area contributed by atoms with Gasteiger partial charge >= 0.3 is 0 Å². The van der Waals surface area contributed by atoms with Crippen LogP contribution in [-0.2, 0) is 23.2 Å². The van der Waals surface area contributed by atoms with Gasteiger partial charge in [-0.3, -0.25) is 9.36 Å². The van der Waals surface area contributed by atoms with Gasteiger partial charge < -0.3 is 14.2 Å². The monoisotopic (exact) mass is 889 g/mol. The third kappa shape index (κ3) is 8.41. The highest BCUT2D eigenvalue weighted by Crippen LogP contribution is 2.49. The number of halogens is 1. The molecule has 0 N–H and O–H groups in total. The fourth-order valence-corrected chi connectivity index (χ4v) is 11.3. The second-order valence-corrected chi connectivity index (χ2v) is 19.0. The number of hydrogen-bond donors (Lipinski definition) is 0. The number of allylic oxidation sites excluding steroid dienone is 3. The van der Waals surface area contributed by atoms with E-state index in [0.717, 1.165) is 66.5 Å². The van der Waals surface area contributed by atoms with E-state index in [0.29, 0.717) is 11.1 Å². The molecule has 0 aliphatic carbocycles. The zero-order valence-electron chi connectivity index (χ0n) is 33.2. The number of ether oxygens (including phenoxy) is 1. The normalized spacial score (nSPS) is 15.6. The Morgan fingerprint density at radius 1 is 0.867 bits per heavy atom. The van der Waals surface area contributed by atoms with Gasteiger partial charge in [-0.05, 0) is 99.4 Å². The molecule has 2 aromatic heterocycles. The van der Waals surface area contributed by atoms with Crippen molar-refractivity contribution in [1.82, 2.24) is 4.57 Å². The number of nitrogens with zero attached hydrogens (tertiary/aromatic N) is 3. The summed E-state index contributed by atoms with van der Waals surface area (Å²) in [6.45, 7) is 10.4. The minimum absolute atomic E-state index is 0.0224. The molecule has 8 nitrogen and oxygen atoms in total. The van der Waals surface area contributed by atoms with Crippen LogP contribution in [0.1, 0.15) is 36.9 Å². The number of anilines is 1. The molecule has 60 heavy (non-hydrogen) atoms. The maximum atomic E-state index is 13.7. The Morgan fingerprint density at radius 2 is 1.63 bits per heavy atom. The Labute approximate surface area is 365 Å². The van der Waals surface area contributed by atoms with Crippen LogP contribution >= 0.6 is 46.0 Å². The molecule has 2 aliphatic heterocycles. The van der Waals surface area contributed by atoms with E-state index in [1.165, 1.54) is 49.5 Å². The number of rotatable bonds is 7. The minimum Gasteiger partial charge on any atom is -0.744 e. The Kier molecular flexibility index (Phi) is 12.0. The van der Waals surface area contributed by atoms with Crippen LogP contribution in [0.3, 0.4) is 0 Å². The average molecular weight is 891 g/mol. The third-order valence-corrected chi connectivity index (χ3v) is 14.5. The molecule has 0 saturated carbocycles. The van der Waals surface area contributed by atoms with Crippen molar-refractivity contribution < 1.29 is 22.3 Å². The topological polar surface area (TPSA) is 95.6 Å². The van der Waals surface area contributed by atoms with E-state index < -0.39 is 10.1 Å². The largest absolute Gasteiger partial charge is 0.744 e. The van der Waals surface area contributed by atoms with Crippen molar-refractivity contribution in [3.05, 3.63) is 167 Å². The van der Waals surface area contributed by atoms with Gasteiger partial charge in [-0.1, -0.05) is 101 Å². The van der Waals surface area contributed by atoms with Crippen LogP contribution in [0.15, 0.2) is 141 Å². The van der Waals surface area contributed by atoms with Crippen LogP contribution in [0.25, 0.3) is 44.8 Å². The highest BCUT2D eigenvalue weighted by atomic mass is 35.5. The molecular formula is C47H40ClN3O5S4. The smallest absolute Gasteiger partial charge is 0.269 e. The molecular weight excluding hydrogens is 850 g/mol. The Hall–Kier alpha value is -5.21. The second-order valence-electron chi connectivity index (χ2n) is 14.0. The molecule has 7 aromatic rings. The zero-order valence-corrected chi connectivity index (χ0v) is 37.2. The highest BCUT2D eigenvalue weighted by molar-refractivity contribution is 8.03. The van der Waals surface area contributed by atoms with Crippen molar-refractivity contribution in [1.29, 1.82) is 0 Å². The van der Waals surface area contributed by atoms with Crippen LogP contribution in [0.5, 0.6) is 5.75 Å². The molecule has 304 valence electrons. The van der Waals surface area contributed by atoms with Crippen LogP contribution in [0.4, 0.5) is 5.69 Å². The molecule has 0 atom stereocenters. The predicted molar refractivity (Wildman–Crippen MR) is 248 cm³/mol. The average Bonchev–Trinajstić information content (AvgIpc) is 3.88. The summed E-state index contributed by atoms with van der Waals surface area (Å²) < 4.78 is 44.5. The Morgan fingerprint density at radius 3 is 2.38 bits per heavy atom. The summed E-state index contributed by atoms with van der Waals surface area (Å²) in [6.07, 6.45) is 10.4. The highest BCUT2D eigenvalue weighted by Gasteiger charge is 2.26. The Bertz CT molecular complexity index is 3200. The fraction of sp³-hybridized carbons (Fsp3) is 0.149. The number of para-hydroxylation sites is 1. The number of hydrogen-bond acceptors (Lipinski definition) is 9. The van der Waals surface area contributed by atoms with Gasteiger partial charge in [-0.15, -0.1) is 11.3 Å². The summed E-state index contributed by atoms with van der Waals surface area (Å²) in [6, 6.07) is 32.8. The molecule has 2 aliphatic rings. The quantitative estimate of drug-likeness (QED) is 0.116. The maximum Gasteiger partial charge on any atom is 0.269 e. The predicted octanol–water partition coefficient (Wildman–Crippen LogP) is 9.71. The maximum absolute atomic E-state index is 13.7. The standard InChI is InChI=1S/C40H33ClN3O2S3.C7H8O3S/c1-4-42-31-23-27(41)16-18-33(31)47-38(42)24-28-21-26(29-12-9-10-14-32(29)46-28)22-37-44(6-3)40(45)35(49-37)19-20-36-43(5-2)39-30-13-8-7-11-25(30)15-17-34(39)48-36;1-6-2-4-7(5-3-6)11(8,9)10/h7-24H,4-6H2,1-3H3;2-5H,1H3,(H,8,9,10)/q+1;/p-1/b35-19+,36-20?;. The van der Waals surface area contributed by atoms with Gasteiger partial charge in [0.1, 0.15) is 32.9 Å². The van der Waals surface area contributed by atoms with Crippen molar-refractivity contribution in [2.24, 2.45) is 0 Å². The lowest BCUT2D eigenvalue weighted by Gasteiger charge is -2.19. The van der Waals surface area contributed by atoms with E-state index >= 15 is 0 Å². The number of fused-ring (bicyclic) bond motifs is 5. The summed E-state index contributed by atoms with van der Waals surface area (Å²) in [5, 5.41) is 5.41. The van der Waals surface area contributed by atoms with Crippen molar-refractivity contribution in [2.75, 3.05) is 11.4 Å². The molecule has 13 heteroatoms. The SMILES string of the molecule is CCN1C(=C/C=c2/sc(=CC3=CC(=Cc4sc5ccc(Cl)cc5[n+]4CC)Oc4ccccc43)n(CC)c2=O)Sc2ccc3ccccc3c21.Cc1ccc(S(=O)(=O)[O-])cc1. The number of aromatic nitrogens is 2. The molecule has 0 amide bonds. The molecule has 4 heterocycles. The van der Waals surface area contributed by atoms with Crippen LogP contribution in [0.2, 0.25) is 5.02 Å². The van der Waals surface area contributed by atoms with E-state index in [4.69, 9.17) is 16.3 Å². The van der Waals surface area contributed by atoms with Gasteiger partial charge in [0.05, 0.1) is 30.9 Å². The van der Waals surface area contributed by atoms with E-state index in [1.807, 2.05) is 54.8 Å². The van der Waals surface area contributed by atoms with Gasteiger partial charge in [-0.25, -0.2) is 8.42 Å². The van der Waals surface area contributed by atoms with Crippen LogP contribution in [-0.4, -0.2) is 24.1 Å². The van der Waals surface area contributed by atoms with Crippen molar-refractivity contribution in [3.63, 3.8) is 0 Å². The molecule has 0 radical (unpaired) electrons. The lowest BCUT2D eigenvalue weighted by molar-refractivity contribution is -0.665. The molecule has 0 fully saturated rings. The lowest BCUT2D eigenvalue weighted by atomic mass is 10.0. The summed E-state index contributed by atoms with van der Waals surface area (Å²) in [7, 11) is -4.27. The van der Waals surface area contributed by atoms with Gasteiger partial charge in [0.2, 0.25) is 5.52 Å². The van der Waals surface area contributed by atoms with E-state index in [-0.39, 0.29) is 10.5 Å². The third-order valence-electron chi connectivity index (χ3n) is 10.1. The lowest BCUT2D eigenvalue weighted by Crippen LogP contribution is -2.33. The van der Waals surface area contributed by atoms with Gasteiger partial charge in [-0.2, -0.15) is 4.57 Å². The molecule has 9 rings (SSSR count). The summed E-state index contributed by atoms with van der Waals surface area (Å²) in [5.41, 5.74) is 5.30. The summed E-state index contributed by atoms with van der Waals surface area (Å²) in [4.78, 5) is 17.2. The van der Waals surface area contributed by atoms with E-state index in [2.05, 4.69) is 96.1 Å². The minimum atomic E-state index is -4.27. The molecule has 0 unspecified atom stereocenters. The first-order chi connectivity index (χ1) is 28.9. The first kappa shape index (κ1) is 41.5. The molecule has 0 spiro atoms. The fourth-order valence-electron chi connectivity index (χ4n) is 7.25. The first-order valence-corrected chi connectivity index (χ1v) is 23.6. The first-order valence-electron chi connectivity index (χ1n) is 19.4. The molecule has 0 saturated heterocycles. The van der Waals surface area contributed by atoms with Crippen molar-refractivity contribution >= 4 is 107 Å².